The van der Waals surface area contributed by atoms with Gasteiger partial charge < -0.3 is 9.47 Å². The predicted octanol–water partition coefficient (Wildman–Crippen LogP) is 2.09. The smallest absolute Gasteiger partial charge is 0.317 e. The molecule has 0 radical (unpaired) electrons. The molecule has 0 aromatic heterocycles. The second-order valence-corrected chi connectivity index (χ2v) is 5.46. The molecule has 1 amide bonds. The second kappa shape index (κ2) is 4.61. The summed E-state index contributed by atoms with van der Waals surface area (Å²) >= 11 is 0. The summed E-state index contributed by atoms with van der Waals surface area (Å²) in [6, 6.07) is 10.0. The molecule has 1 aromatic rings. The van der Waals surface area contributed by atoms with Crippen molar-refractivity contribution in [3.8, 4) is 6.07 Å². The number of nitrogens with one attached hydrogen (secondary N) is 1. The predicted molar refractivity (Wildman–Crippen MR) is 75.4 cm³/mol. The fourth-order valence-corrected chi connectivity index (χ4v) is 2.77. The number of aryl methyl sites for hydroxylation is 1. The van der Waals surface area contributed by atoms with E-state index in [1.165, 1.54) is 6.92 Å². The number of hydrogen-bond acceptors (Lipinski definition) is 4. The van der Waals surface area contributed by atoms with E-state index >= 15 is 0 Å². The summed E-state index contributed by atoms with van der Waals surface area (Å²) in [5.41, 5.74) is 1.01. The molecular weight excluding hydrogens is 268 g/mol. The highest BCUT2D eigenvalue weighted by molar-refractivity contribution is 5.75. The second-order valence-electron chi connectivity index (χ2n) is 5.46. The summed E-state index contributed by atoms with van der Waals surface area (Å²) in [5, 5.41) is 12.3. The van der Waals surface area contributed by atoms with Crippen LogP contribution in [-0.4, -0.2) is 18.4 Å². The zero-order valence-corrected chi connectivity index (χ0v) is 12.0. The average molecular weight is 284 g/mol. The van der Waals surface area contributed by atoms with Crippen LogP contribution in [-0.2, 0) is 14.3 Å². The monoisotopic (exact) mass is 284 g/mol. The SMILES string of the molecule is CC(=O)NC12OCCC1(C#N)C=C(c1ccc(C)cc1)O2. The van der Waals surface area contributed by atoms with E-state index in [1.807, 2.05) is 31.2 Å². The fourth-order valence-electron chi connectivity index (χ4n) is 2.77. The fraction of sp³-hybridized carbons (Fsp3) is 0.375. The lowest BCUT2D eigenvalue weighted by molar-refractivity contribution is -0.208. The molecule has 5 nitrogen and oxygen atoms in total. The molecule has 1 aromatic carbocycles. The van der Waals surface area contributed by atoms with Crippen molar-refractivity contribution in [1.82, 2.24) is 5.32 Å². The lowest BCUT2D eigenvalue weighted by atomic mass is 9.84. The van der Waals surface area contributed by atoms with E-state index in [1.54, 1.807) is 6.08 Å². The van der Waals surface area contributed by atoms with Crippen LogP contribution in [0.2, 0.25) is 0 Å². The Kier molecular flexibility index (Phi) is 2.99. The van der Waals surface area contributed by atoms with Crippen molar-refractivity contribution in [1.29, 1.82) is 5.26 Å². The van der Waals surface area contributed by atoms with Crippen LogP contribution < -0.4 is 5.32 Å². The Morgan fingerprint density at radius 3 is 2.71 bits per heavy atom. The first-order chi connectivity index (χ1) is 10.0. The number of carbonyl (C=O) groups excluding carboxylic acids is 1. The molecular formula is C16H16N2O3. The maximum absolute atomic E-state index is 11.5. The number of nitriles is 1. The number of rotatable bonds is 2. The number of amides is 1. The highest BCUT2D eigenvalue weighted by Gasteiger charge is 2.64. The summed E-state index contributed by atoms with van der Waals surface area (Å²) in [7, 11) is 0. The zero-order valence-electron chi connectivity index (χ0n) is 12.0. The van der Waals surface area contributed by atoms with Gasteiger partial charge in [-0.05, 0) is 13.0 Å². The van der Waals surface area contributed by atoms with Crippen LogP contribution in [0.5, 0.6) is 0 Å². The quantitative estimate of drug-likeness (QED) is 0.902. The summed E-state index contributed by atoms with van der Waals surface area (Å²) in [5.74, 6) is -1.14. The van der Waals surface area contributed by atoms with Gasteiger partial charge in [-0.25, -0.2) is 0 Å². The average Bonchev–Trinajstić information content (AvgIpc) is 2.90. The Balaban J connectivity index is 2.02. The van der Waals surface area contributed by atoms with Gasteiger partial charge in [-0.1, -0.05) is 29.8 Å². The maximum Gasteiger partial charge on any atom is 0.317 e. The van der Waals surface area contributed by atoms with Gasteiger partial charge in [-0.15, -0.1) is 0 Å². The molecule has 0 spiro atoms. The summed E-state index contributed by atoms with van der Waals surface area (Å²) in [6.45, 7) is 3.75. The molecule has 2 aliphatic heterocycles. The highest BCUT2D eigenvalue weighted by Crippen LogP contribution is 2.52. The van der Waals surface area contributed by atoms with Gasteiger partial charge in [0.1, 0.15) is 5.76 Å². The molecule has 2 heterocycles. The largest absolute Gasteiger partial charge is 0.442 e. The number of benzene rings is 1. The van der Waals surface area contributed by atoms with Crippen molar-refractivity contribution in [3.63, 3.8) is 0 Å². The van der Waals surface area contributed by atoms with Crippen LogP contribution in [0, 0.1) is 23.7 Å². The minimum atomic E-state index is -1.41. The van der Waals surface area contributed by atoms with Crippen LogP contribution in [0.15, 0.2) is 30.3 Å². The molecule has 1 fully saturated rings. The number of nitrogens with zero attached hydrogens (tertiary/aromatic N) is 1. The van der Waals surface area contributed by atoms with Crippen LogP contribution in [0.1, 0.15) is 24.5 Å². The van der Waals surface area contributed by atoms with Crippen molar-refractivity contribution in [2.24, 2.45) is 5.41 Å². The summed E-state index contributed by atoms with van der Waals surface area (Å²) in [6.07, 6.45) is 2.25. The van der Waals surface area contributed by atoms with E-state index in [0.717, 1.165) is 11.1 Å². The number of carbonyl (C=O) groups is 1. The third-order valence-electron chi connectivity index (χ3n) is 3.90. The van der Waals surface area contributed by atoms with Gasteiger partial charge in [0.15, 0.2) is 5.41 Å². The van der Waals surface area contributed by atoms with Crippen molar-refractivity contribution >= 4 is 11.7 Å². The van der Waals surface area contributed by atoms with Crippen LogP contribution >= 0.6 is 0 Å². The van der Waals surface area contributed by atoms with Gasteiger partial charge in [0.05, 0.1) is 12.7 Å². The molecule has 5 heteroatoms. The van der Waals surface area contributed by atoms with E-state index in [-0.39, 0.29) is 5.91 Å². The van der Waals surface area contributed by atoms with Crippen molar-refractivity contribution in [2.75, 3.05) is 6.61 Å². The molecule has 0 bridgehead atoms. The van der Waals surface area contributed by atoms with Gasteiger partial charge in [0, 0.05) is 18.9 Å². The van der Waals surface area contributed by atoms with Gasteiger partial charge in [0.25, 0.3) is 0 Å². The zero-order chi connectivity index (χ0) is 15.1. The first-order valence-corrected chi connectivity index (χ1v) is 6.83. The normalized spacial score (nSPS) is 30.0. The summed E-state index contributed by atoms with van der Waals surface area (Å²) < 4.78 is 11.5. The molecule has 2 atom stereocenters. The maximum atomic E-state index is 11.5. The molecule has 1 saturated heterocycles. The Bertz CT molecular complexity index is 659. The topological polar surface area (TPSA) is 71.3 Å². The molecule has 2 aliphatic rings. The van der Waals surface area contributed by atoms with Crippen molar-refractivity contribution in [2.45, 2.75) is 26.2 Å². The van der Waals surface area contributed by atoms with Gasteiger partial charge in [-0.2, -0.15) is 5.26 Å². The lowest BCUT2D eigenvalue weighted by Gasteiger charge is -2.32. The number of hydrogen-bond donors (Lipinski definition) is 1. The molecule has 0 aliphatic carbocycles. The van der Waals surface area contributed by atoms with E-state index < -0.39 is 11.3 Å². The third kappa shape index (κ3) is 1.99. The molecule has 21 heavy (non-hydrogen) atoms. The first kappa shape index (κ1) is 13.7. The molecule has 0 saturated carbocycles. The van der Waals surface area contributed by atoms with E-state index in [2.05, 4.69) is 11.4 Å². The van der Waals surface area contributed by atoms with E-state index in [4.69, 9.17) is 9.47 Å². The number of ether oxygens (including phenoxy) is 2. The third-order valence-corrected chi connectivity index (χ3v) is 3.90. The minimum absolute atomic E-state index is 0.296. The number of fused-ring (bicyclic) bond motifs is 1. The standard InChI is InChI=1S/C16H16N2O3/c1-11-3-5-13(6-4-11)14-9-15(10-17)7-8-20-16(15,21-14)18-12(2)19/h3-6,9H,7-8H2,1-2H3,(H,18,19). The van der Waals surface area contributed by atoms with Gasteiger partial charge in [-0.3, -0.25) is 10.1 Å². The van der Waals surface area contributed by atoms with Crippen LogP contribution in [0.25, 0.3) is 5.76 Å². The Morgan fingerprint density at radius 1 is 1.38 bits per heavy atom. The van der Waals surface area contributed by atoms with Crippen LogP contribution in [0.4, 0.5) is 0 Å². The summed E-state index contributed by atoms with van der Waals surface area (Å²) in [4.78, 5) is 11.5. The van der Waals surface area contributed by atoms with Gasteiger partial charge in [0.2, 0.25) is 5.91 Å². The Hall–Kier alpha value is -2.32. The Labute approximate surface area is 123 Å². The minimum Gasteiger partial charge on any atom is -0.442 e. The lowest BCUT2D eigenvalue weighted by Crippen LogP contribution is -2.56. The van der Waals surface area contributed by atoms with E-state index in [9.17, 15) is 10.1 Å². The molecule has 3 rings (SSSR count). The highest BCUT2D eigenvalue weighted by atomic mass is 16.7. The van der Waals surface area contributed by atoms with E-state index in [0.29, 0.717) is 18.8 Å². The first-order valence-electron chi connectivity index (χ1n) is 6.83. The van der Waals surface area contributed by atoms with Crippen molar-refractivity contribution < 1.29 is 14.3 Å². The van der Waals surface area contributed by atoms with Crippen molar-refractivity contribution in [3.05, 3.63) is 41.5 Å². The molecule has 2 unspecified atom stereocenters. The Morgan fingerprint density at radius 2 is 2.10 bits per heavy atom. The van der Waals surface area contributed by atoms with Crippen LogP contribution in [0.3, 0.4) is 0 Å². The van der Waals surface area contributed by atoms with Gasteiger partial charge >= 0.3 is 5.91 Å². The molecule has 108 valence electrons. The molecule has 1 N–H and O–H groups in total.